The number of nitro groups is 1. The Balaban J connectivity index is 1.81. The summed E-state index contributed by atoms with van der Waals surface area (Å²) in [4.78, 5) is 51.0. The van der Waals surface area contributed by atoms with Gasteiger partial charge < -0.3 is 4.90 Å². The number of nitro benzene ring substituents is 1. The van der Waals surface area contributed by atoms with E-state index in [1.807, 2.05) is 18.7 Å². The molecule has 1 fully saturated rings. The van der Waals surface area contributed by atoms with E-state index in [4.69, 9.17) is 0 Å². The van der Waals surface area contributed by atoms with Gasteiger partial charge in [-0.15, -0.1) is 0 Å². The molecule has 0 saturated carbocycles. The number of urea groups is 1. The van der Waals surface area contributed by atoms with Crippen molar-refractivity contribution in [1.29, 1.82) is 0 Å². The van der Waals surface area contributed by atoms with Crippen molar-refractivity contribution in [3.63, 3.8) is 0 Å². The van der Waals surface area contributed by atoms with E-state index in [-0.39, 0.29) is 24.9 Å². The molecule has 2 heterocycles. The Hall–Kier alpha value is -2.97. The van der Waals surface area contributed by atoms with Crippen molar-refractivity contribution in [2.45, 2.75) is 39.2 Å². The molecule has 0 spiro atoms. The predicted molar refractivity (Wildman–Crippen MR) is 92.5 cm³/mol. The van der Waals surface area contributed by atoms with Crippen molar-refractivity contribution >= 4 is 29.2 Å². The summed E-state index contributed by atoms with van der Waals surface area (Å²) in [7, 11) is 0. The first-order valence-corrected chi connectivity index (χ1v) is 8.56. The summed E-state index contributed by atoms with van der Waals surface area (Å²) in [5, 5.41) is 10.9. The van der Waals surface area contributed by atoms with E-state index in [1.165, 1.54) is 12.1 Å². The molecule has 9 nitrogen and oxygen atoms in total. The van der Waals surface area contributed by atoms with Gasteiger partial charge in [0, 0.05) is 30.4 Å². The van der Waals surface area contributed by atoms with Crippen LogP contribution in [0.2, 0.25) is 0 Å². The second kappa shape index (κ2) is 6.74. The molecule has 4 amide bonds. The SMILES string of the molecule is CCCCN1C(=O)C(=O)N(CN2c3ccc([N+](=O)[O-])cc3C[C@@H]2C)C1=O. The minimum absolute atomic E-state index is 0.00652. The van der Waals surface area contributed by atoms with Crippen LogP contribution in [0.25, 0.3) is 0 Å². The lowest BCUT2D eigenvalue weighted by Crippen LogP contribution is -2.44. The molecule has 1 atom stereocenters. The van der Waals surface area contributed by atoms with Crippen LogP contribution in [0.1, 0.15) is 32.3 Å². The molecule has 2 aliphatic rings. The fraction of sp³-hybridized carbons (Fsp3) is 0.471. The topological polar surface area (TPSA) is 104 Å². The summed E-state index contributed by atoms with van der Waals surface area (Å²) in [5.74, 6) is -1.62. The third-order valence-electron chi connectivity index (χ3n) is 4.79. The highest BCUT2D eigenvalue weighted by Gasteiger charge is 2.45. The van der Waals surface area contributed by atoms with Crippen LogP contribution in [0.3, 0.4) is 0 Å². The minimum Gasteiger partial charge on any atom is -0.350 e. The molecule has 0 aromatic heterocycles. The van der Waals surface area contributed by atoms with Crippen LogP contribution < -0.4 is 4.90 Å². The van der Waals surface area contributed by atoms with Crippen LogP contribution in [0, 0.1) is 10.1 Å². The number of carbonyl (C=O) groups is 3. The average Bonchev–Trinajstić information content (AvgIpc) is 3.02. The van der Waals surface area contributed by atoms with Crippen LogP contribution in [0.5, 0.6) is 0 Å². The van der Waals surface area contributed by atoms with Crippen molar-refractivity contribution in [1.82, 2.24) is 9.80 Å². The lowest BCUT2D eigenvalue weighted by Gasteiger charge is -2.28. The maximum atomic E-state index is 12.5. The Labute approximate surface area is 150 Å². The summed E-state index contributed by atoms with van der Waals surface area (Å²) in [5.41, 5.74) is 1.54. The molecule has 0 unspecified atom stereocenters. The number of hydrogen-bond acceptors (Lipinski definition) is 6. The van der Waals surface area contributed by atoms with E-state index < -0.39 is 22.8 Å². The van der Waals surface area contributed by atoms with Crippen LogP contribution in [0.4, 0.5) is 16.2 Å². The molecule has 0 radical (unpaired) electrons. The first-order chi connectivity index (χ1) is 12.3. The van der Waals surface area contributed by atoms with Gasteiger partial charge in [0.2, 0.25) is 0 Å². The Kier molecular flexibility index (Phi) is 4.62. The molecule has 0 bridgehead atoms. The summed E-state index contributed by atoms with van der Waals surface area (Å²) in [6.45, 7) is 4.03. The van der Waals surface area contributed by atoms with Crippen LogP contribution in [-0.2, 0) is 16.0 Å². The number of carbonyl (C=O) groups excluding carboxylic acids is 3. The molecule has 1 aromatic carbocycles. The highest BCUT2D eigenvalue weighted by Crippen LogP contribution is 2.35. The molecule has 3 rings (SSSR count). The normalized spacial score (nSPS) is 19.5. The molecular formula is C17H20N4O5. The number of nitrogens with zero attached hydrogens (tertiary/aromatic N) is 4. The number of imide groups is 2. The van der Waals surface area contributed by atoms with Crippen LogP contribution >= 0.6 is 0 Å². The second-order valence-electron chi connectivity index (χ2n) is 6.56. The van der Waals surface area contributed by atoms with E-state index in [2.05, 4.69) is 0 Å². The lowest BCUT2D eigenvalue weighted by atomic mass is 10.1. The molecule has 2 aliphatic heterocycles. The van der Waals surface area contributed by atoms with Gasteiger partial charge in [-0.2, -0.15) is 0 Å². The van der Waals surface area contributed by atoms with Gasteiger partial charge in [-0.05, 0) is 31.4 Å². The number of amides is 4. The van der Waals surface area contributed by atoms with E-state index in [0.29, 0.717) is 12.8 Å². The van der Waals surface area contributed by atoms with Gasteiger partial charge in [-0.25, -0.2) is 9.69 Å². The smallest absolute Gasteiger partial charge is 0.335 e. The first kappa shape index (κ1) is 17.8. The number of hydrogen-bond donors (Lipinski definition) is 0. The Bertz CT molecular complexity index is 793. The van der Waals surface area contributed by atoms with Gasteiger partial charge in [0.25, 0.3) is 5.69 Å². The maximum absolute atomic E-state index is 12.5. The fourth-order valence-electron chi connectivity index (χ4n) is 3.35. The highest BCUT2D eigenvalue weighted by atomic mass is 16.6. The van der Waals surface area contributed by atoms with Crippen molar-refractivity contribution in [2.75, 3.05) is 18.1 Å². The molecule has 9 heteroatoms. The second-order valence-corrected chi connectivity index (χ2v) is 6.56. The van der Waals surface area contributed by atoms with E-state index in [1.54, 1.807) is 6.07 Å². The monoisotopic (exact) mass is 360 g/mol. The number of rotatable bonds is 6. The number of benzene rings is 1. The van der Waals surface area contributed by atoms with Gasteiger partial charge in [-0.3, -0.25) is 24.6 Å². The predicted octanol–water partition coefficient (Wildman–Crippen LogP) is 1.89. The molecule has 1 saturated heterocycles. The molecule has 138 valence electrons. The third kappa shape index (κ3) is 2.89. The lowest BCUT2D eigenvalue weighted by molar-refractivity contribution is -0.384. The Morgan fingerprint density at radius 3 is 2.54 bits per heavy atom. The number of unbranched alkanes of at least 4 members (excludes halogenated alkanes) is 1. The molecule has 0 N–H and O–H groups in total. The largest absolute Gasteiger partial charge is 0.350 e. The van der Waals surface area contributed by atoms with Gasteiger partial charge in [0.1, 0.15) is 6.67 Å². The van der Waals surface area contributed by atoms with Gasteiger partial charge in [0.05, 0.1) is 4.92 Å². The summed E-state index contributed by atoms with van der Waals surface area (Å²) in [6, 6.07) is 3.89. The van der Waals surface area contributed by atoms with Crippen molar-refractivity contribution in [3.8, 4) is 0 Å². The fourth-order valence-corrected chi connectivity index (χ4v) is 3.35. The first-order valence-electron chi connectivity index (χ1n) is 8.56. The molecule has 0 aliphatic carbocycles. The van der Waals surface area contributed by atoms with Crippen molar-refractivity contribution in [3.05, 3.63) is 33.9 Å². The molecule has 26 heavy (non-hydrogen) atoms. The zero-order valence-corrected chi connectivity index (χ0v) is 14.7. The number of anilines is 1. The standard InChI is InChI=1S/C17H20N4O5/c1-3-4-7-18-15(22)16(23)20(17(18)24)10-19-11(2)8-12-9-13(21(25)26)5-6-14(12)19/h5-6,9,11H,3-4,7-8,10H2,1-2H3/t11-/m0/s1. The van der Waals surface area contributed by atoms with Crippen molar-refractivity contribution < 1.29 is 19.3 Å². The Morgan fingerprint density at radius 1 is 1.19 bits per heavy atom. The van der Waals surface area contributed by atoms with Gasteiger partial charge in [-0.1, -0.05) is 13.3 Å². The van der Waals surface area contributed by atoms with Crippen molar-refractivity contribution in [2.24, 2.45) is 0 Å². The summed E-state index contributed by atoms with van der Waals surface area (Å²) in [6.07, 6.45) is 2.02. The van der Waals surface area contributed by atoms with Gasteiger partial charge >= 0.3 is 17.8 Å². The van der Waals surface area contributed by atoms with E-state index in [0.717, 1.165) is 27.5 Å². The summed E-state index contributed by atoms with van der Waals surface area (Å²) < 4.78 is 0. The maximum Gasteiger partial charge on any atom is 0.335 e. The number of non-ortho nitro benzene ring substituents is 1. The van der Waals surface area contributed by atoms with Crippen LogP contribution in [-0.4, -0.2) is 51.8 Å². The van der Waals surface area contributed by atoms with Gasteiger partial charge in [0.15, 0.2) is 0 Å². The minimum atomic E-state index is -0.825. The zero-order chi connectivity index (χ0) is 19.0. The zero-order valence-electron chi connectivity index (χ0n) is 14.7. The highest BCUT2D eigenvalue weighted by molar-refractivity contribution is 6.44. The van der Waals surface area contributed by atoms with Crippen LogP contribution in [0.15, 0.2) is 18.2 Å². The quantitative estimate of drug-likeness (QED) is 0.332. The average molecular weight is 360 g/mol. The van der Waals surface area contributed by atoms with E-state index in [9.17, 15) is 24.5 Å². The molecular weight excluding hydrogens is 340 g/mol. The summed E-state index contributed by atoms with van der Waals surface area (Å²) >= 11 is 0. The molecule has 1 aromatic rings. The van der Waals surface area contributed by atoms with E-state index >= 15 is 0 Å². The number of fused-ring (bicyclic) bond motifs is 1. The Morgan fingerprint density at radius 2 is 1.88 bits per heavy atom. The third-order valence-corrected chi connectivity index (χ3v) is 4.79.